The molecular weight excluding hydrogens is 302 g/mol. The number of nitrogens with zero attached hydrogens (tertiary/aromatic N) is 2. The minimum absolute atomic E-state index is 0.0267. The van der Waals surface area contributed by atoms with E-state index in [9.17, 15) is 0 Å². The third-order valence-corrected chi connectivity index (χ3v) is 4.90. The second kappa shape index (κ2) is 4.76. The van der Waals surface area contributed by atoms with Crippen LogP contribution in [0.1, 0.15) is 19.8 Å². The molecule has 2 N–H and O–H groups in total. The van der Waals surface area contributed by atoms with Gasteiger partial charge in [-0.2, -0.15) is 0 Å². The molecule has 3 nitrogen and oxygen atoms in total. The number of rotatable bonds is 4. The second-order valence-corrected chi connectivity index (χ2v) is 6.32. The number of benzene rings is 1. The number of halogens is 1. The lowest BCUT2D eigenvalue weighted by Gasteiger charge is -2.32. The summed E-state index contributed by atoms with van der Waals surface area (Å²) in [5, 5.41) is 0. The van der Waals surface area contributed by atoms with Crippen LogP contribution < -0.4 is 5.73 Å². The van der Waals surface area contributed by atoms with E-state index >= 15 is 0 Å². The van der Waals surface area contributed by atoms with Gasteiger partial charge < -0.3 is 10.3 Å². The Morgan fingerprint density at radius 2 is 2.16 bits per heavy atom. The maximum Gasteiger partial charge on any atom is 0.0956 e. The first-order chi connectivity index (χ1) is 9.16. The Hall–Kier alpha value is -1.13. The normalized spacial score (nSPS) is 18.3. The number of aromatic nitrogens is 2. The molecule has 0 bridgehead atoms. The van der Waals surface area contributed by atoms with E-state index < -0.39 is 0 Å². The summed E-state index contributed by atoms with van der Waals surface area (Å²) in [6.45, 7) is 2.89. The highest BCUT2D eigenvalue weighted by Crippen LogP contribution is 2.45. The van der Waals surface area contributed by atoms with E-state index in [1.165, 1.54) is 18.4 Å². The van der Waals surface area contributed by atoms with Gasteiger partial charge in [-0.05, 0) is 31.7 Å². The summed E-state index contributed by atoms with van der Waals surface area (Å²) in [6, 6.07) is 8.25. The first-order valence-corrected chi connectivity index (χ1v) is 7.44. The average Bonchev–Trinajstić information content (AvgIpc) is 3.17. The van der Waals surface area contributed by atoms with Crippen molar-refractivity contribution in [2.45, 2.75) is 25.3 Å². The van der Waals surface area contributed by atoms with Gasteiger partial charge in [0.2, 0.25) is 0 Å². The van der Waals surface area contributed by atoms with Gasteiger partial charge in [0.25, 0.3) is 0 Å². The number of hydrogen-bond donors (Lipinski definition) is 1. The minimum Gasteiger partial charge on any atom is -0.328 e. The third kappa shape index (κ3) is 2.13. The Balaban J connectivity index is 2.10. The SMILES string of the molecule is CC(CN)(C1CC1)n1cncc1-c1ccccc1Br. The third-order valence-electron chi connectivity index (χ3n) is 4.21. The molecule has 1 fully saturated rings. The fraction of sp³-hybridized carbons (Fsp3) is 0.400. The van der Waals surface area contributed by atoms with Crippen molar-refractivity contribution in [2.24, 2.45) is 11.7 Å². The first-order valence-electron chi connectivity index (χ1n) is 6.64. The van der Waals surface area contributed by atoms with Crippen molar-refractivity contribution < 1.29 is 0 Å². The molecule has 0 amide bonds. The van der Waals surface area contributed by atoms with Gasteiger partial charge in [-0.25, -0.2) is 4.98 Å². The van der Waals surface area contributed by atoms with Gasteiger partial charge >= 0.3 is 0 Å². The Kier molecular flexibility index (Phi) is 3.23. The van der Waals surface area contributed by atoms with Crippen molar-refractivity contribution in [1.29, 1.82) is 0 Å². The molecule has 1 aromatic heterocycles. The van der Waals surface area contributed by atoms with E-state index in [2.05, 4.69) is 44.5 Å². The Bertz CT molecular complexity index is 589. The molecule has 1 unspecified atom stereocenters. The van der Waals surface area contributed by atoms with Crippen LogP contribution in [0.2, 0.25) is 0 Å². The molecule has 4 heteroatoms. The van der Waals surface area contributed by atoms with E-state index in [0.29, 0.717) is 12.5 Å². The molecular formula is C15H18BrN3. The maximum absolute atomic E-state index is 6.06. The zero-order valence-corrected chi connectivity index (χ0v) is 12.6. The smallest absolute Gasteiger partial charge is 0.0956 e. The molecule has 1 heterocycles. The van der Waals surface area contributed by atoms with E-state index in [-0.39, 0.29) is 5.54 Å². The molecule has 1 aliphatic carbocycles. The molecule has 3 rings (SSSR count). The second-order valence-electron chi connectivity index (χ2n) is 5.46. The van der Waals surface area contributed by atoms with Crippen molar-refractivity contribution in [3.63, 3.8) is 0 Å². The number of imidazole rings is 1. The topological polar surface area (TPSA) is 43.8 Å². The van der Waals surface area contributed by atoms with Crippen LogP contribution in [0, 0.1) is 5.92 Å². The summed E-state index contributed by atoms with van der Waals surface area (Å²) >= 11 is 3.62. The molecule has 1 saturated carbocycles. The summed E-state index contributed by atoms with van der Waals surface area (Å²) in [4.78, 5) is 4.35. The first kappa shape index (κ1) is 12.9. The Labute approximate surface area is 122 Å². The number of hydrogen-bond acceptors (Lipinski definition) is 2. The quantitative estimate of drug-likeness (QED) is 0.938. The molecule has 1 aliphatic rings. The van der Waals surface area contributed by atoms with Crippen LogP contribution in [-0.2, 0) is 5.54 Å². The fourth-order valence-electron chi connectivity index (χ4n) is 2.74. The fourth-order valence-corrected chi connectivity index (χ4v) is 3.23. The average molecular weight is 320 g/mol. The lowest BCUT2D eigenvalue weighted by Crippen LogP contribution is -2.40. The molecule has 0 spiro atoms. The Morgan fingerprint density at radius 1 is 1.42 bits per heavy atom. The van der Waals surface area contributed by atoms with Crippen molar-refractivity contribution in [2.75, 3.05) is 6.54 Å². The summed E-state index contributed by atoms with van der Waals surface area (Å²) in [6.07, 6.45) is 6.37. The van der Waals surface area contributed by atoms with Gasteiger partial charge in [-0.1, -0.05) is 34.1 Å². The predicted molar refractivity (Wildman–Crippen MR) is 80.8 cm³/mol. The van der Waals surface area contributed by atoms with Gasteiger partial charge in [0.15, 0.2) is 0 Å². The van der Waals surface area contributed by atoms with Crippen LogP contribution in [0.5, 0.6) is 0 Å². The van der Waals surface area contributed by atoms with Crippen LogP contribution in [0.25, 0.3) is 11.3 Å². The largest absolute Gasteiger partial charge is 0.328 e. The van der Waals surface area contributed by atoms with Crippen LogP contribution in [0.4, 0.5) is 0 Å². The van der Waals surface area contributed by atoms with Crippen molar-refractivity contribution in [3.8, 4) is 11.3 Å². The highest BCUT2D eigenvalue weighted by molar-refractivity contribution is 9.10. The summed E-state index contributed by atoms with van der Waals surface area (Å²) in [7, 11) is 0. The molecule has 100 valence electrons. The van der Waals surface area contributed by atoms with Gasteiger partial charge in [0.05, 0.1) is 23.8 Å². The highest BCUT2D eigenvalue weighted by atomic mass is 79.9. The van der Waals surface area contributed by atoms with Crippen LogP contribution in [0.3, 0.4) is 0 Å². The van der Waals surface area contributed by atoms with Crippen molar-refractivity contribution >= 4 is 15.9 Å². The molecule has 19 heavy (non-hydrogen) atoms. The van der Waals surface area contributed by atoms with Gasteiger partial charge in [-0.3, -0.25) is 0 Å². The van der Waals surface area contributed by atoms with Gasteiger partial charge in [0, 0.05) is 16.6 Å². The molecule has 0 saturated heterocycles. The summed E-state index contributed by atoms with van der Waals surface area (Å²) in [5.74, 6) is 0.674. The molecule has 1 atom stereocenters. The molecule has 0 radical (unpaired) electrons. The number of nitrogens with two attached hydrogens (primary N) is 1. The van der Waals surface area contributed by atoms with Crippen molar-refractivity contribution in [3.05, 3.63) is 41.3 Å². The lowest BCUT2D eigenvalue weighted by atomic mass is 9.94. The summed E-state index contributed by atoms with van der Waals surface area (Å²) < 4.78 is 3.34. The van der Waals surface area contributed by atoms with E-state index in [4.69, 9.17) is 5.73 Å². The standard InChI is InChI=1S/C15H18BrN3/c1-15(9-17,11-6-7-11)19-10-18-8-14(19)12-4-2-3-5-13(12)16/h2-5,8,10-11H,6-7,9,17H2,1H3. The Morgan fingerprint density at radius 3 is 2.79 bits per heavy atom. The minimum atomic E-state index is -0.0267. The summed E-state index contributed by atoms with van der Waals surface area (Å²) in [5.41, 5.74) is 8.34. The highest BCUT2D eigenvalue weighted by Gasteiger charge is 2.42. The molecule has 1 aromatic carbocycles. The van der Waals surface area contributed by atoms with Crippen LogP contribution in [-0.4, -0.2) is 16.1 Å². The van der Waals surface area contributed by atoms with Gasteiger partial charge in [-0.15, -0.1) is 0 Å². The van der Waals surface area contributed by atoms with Gasteiger partial charge in [0.1, 0.15) is 0 Å². The van der Waals surface area contributed by atoms with Crippen LogP contribution >= 0.6 is 15.9 Å². The van der Waals surface area contributed by atoms with Crippen molar-refractivity contribution in [1.82, 2.24) is 9.55 Å². The zero-order chi connectivity index (χ0) is 13.5. The molecule has 2 aromatic rings. The molecule has 0 aliphatic heterocycles. The maximum atomic E-state index is 6.06. The van der Waals surface area contributed by atoms with E-state index in [0.717, 1.165) is 10.2 Å². The van der Waals surface area contributed by atoms with Crippen LogP contribution in [0.15, 0.2) is 41.3 Å². The van der Waals surface area contributed by atoms with E-state index in [1.54, 1.807) is 0 Å². The zero-order valence-electron chi connectivity index (χ0n) is 11.0. The predicted octanol–water partition coefficient (Wildman–Crippen LogP) is 3.40. The monoisotopic (exact) mass is 319 g/mol. The lowest BCUT2D eigenvalue weighted by molar-refractivity contribution is 0.284. The van der Waals surface area contributed by atoms with E-state index in [1.807, 2.05) is 24.7 Å².